The van der Waals surface area contributed by atoms with Gasteiger partial charge in [0, 0.05) is 18.8 Å². The van der Waals surface area contributed by atoms with Crippen LogP contribution in [0.25, 0.3) is 0 Å². The van der Waals surface area contributed by atoms with Gasteiger partial charge in [0.1, 0.15) is 5.78 Å². The van der Waals surface area contributed by atoms with Gasteiger partial charge in [-0.3, -0.25) is 4.79 Å². The van der Waals surface area contributed by atoms with Crippen LogP contribution in [0.5, 0.6) is 0 Å². The molecule has 2 unspecified atom stereocenters. The van der Waals surface area contributed by atoms with E-state index in [4.69, 9.17) is 0 Å². The number of Topliss-reactive ketones (excluding diaryl/α,β-unsaturated/α-hetero) is 1. The highest BCUT2D eigenvalue weighted by molar-refractivity contribution is 5.81. The quantitative estimate of drug-likeness (QED) is 0.607. The Balaban J connectivity index is 2.26. The normalized spacial score (nSPS) is 26.6. The fourth-order valence-electron chi connectivity index (χ4n) is 2.01. The third-order valence-corrected chi connectivity index (χ3v) is 2.82. The number of hydrogen-bond donors (Lipinski definition) is 0. The van der Waals surface area contributed by atoms with Crippen molar-refractivity contribution in [2.45, 2.75) is 46.0 Å². The number of ketones is 1. The summed E-state index contributed by atoms with van der Waals surface area (Å²) in [4.78, 5) is 11.6. The molecule has 2 atom stereocenters. The summed E-state index contributed by atoms with van der Waals surface area (Å²) in [7, 11) is 0. The smallest absolute Gasteiger partial charge is 0.136 e. The molecule has 0 aliphatic heterocycles. The molecule has 1 rings (SSSR count). The highest BCUT2D eigenvalue weighted by Gasteiger charge is 2.26. The van der Waals surface area contributed by atoms with Gasteiger partial charge in [-0.15, -0.1) is 11.8 Å². The highest BCUT2D eigenvalue weighted by Crippen LogP contribution is 2.31. The zero-order valence-electron chi connectivity index (χ0n) is 8.60. The Kier molecular flexibility index (Phi) is 4.02. The van der Waals surface area contributed by atoms with Crippen molar-refractivity contribution >= 4 is 5.78 Å². The van der Waals surface area contributed by atoms with Gasteiger partial charge >= 0.3 is 0 Å². The van der Waals surface area contributed by atoms with Crippen LogP contribution in [0.15, 0.2) is 0 Å². The molecule has 0 radical (unpaired) electrons. The zero-order chi connectivity index (χ0) is 9.68. The molecule has 1 heteroatoms. The lowest BCUT2D eigenvalue weighted by Crippen LogP contribution is -2.10. The topological polar surface area (TPSA) is 17.1 Å². The van der Waals surface area contributed by atoms with Crippen LogP contribution in [-0.2, 0) is 4.79 Å². The van der Waals surface area contributed by atoms with Crippen LogP contribution in [0.1, 0.15) is 46.0 Å². The molecular weight excluding hydrogens is 160 g/mol. The summed E-state index contributed by atoms with van der Waals surface area (Å²) in [5.41, 5.74) is 0. The van der Waals surface area contributed by atoms with Crippen LogP contribution in [0.3, 0.4) is 0 Å². The third-order valence-electron chi connectivity index (χ3n) is 2.82. The van der Waals surface area contributed by atoms with Crippen molar-refractivity contribution in [2.24, 2.45) is 11.8 Å². The van der Waals surface area contributed by atoms with Crippen LogP contribution in [0.4, 0.5) is 0 Å². The van der Waals surface area contributed by atoms with E-state index in [-0.39, 0.29) is 0 Å². The fraction of sp³-hybridized carbons (Fsp3) is 0.750. The summed E-state index contributed by atoms with van der Waals surface area (Å²) in [6, 6.07) is 0. The average Bonchev–Trinajstić information content (AvgIpc) is 2.52. The van der Waals surface area contributed by atoms with Crippen molar-refractivity contribution in [3.8, 4) is 11.8 Å². The summed E-state index contributed by atoms with van der Waals surface area (Å²) in [6.45, 7) is 4.06. The second kappa shape index (κ2) is 5.07. The molecule has 1 aliphatic carbocycles. The molecule has 13 heavy (non-hydrogen) atoms. The van der Waals surface area contributed by atoms with Crippen LogP contribution >= 0.6 is 0 Å². The number of carbonyl (C=O) groups excluding carboxylic acids is 1. The van der Waals surface area contributed by atoms with Crippen LogP contribution in [0, 0.1) is 23.7 Å². The van der Waals surface area contributed by atoms with E-state index in [9.17, 15) is 4.79 Å². The van der Waals surface area contributed by atoms with Gasteiger partial charge in [-0.25, -0.2) is 0 Å². The third kappa shape index (κ3) is 3.22. The molecule has 1 aliphatic rings. The van der Waals surface area contributed by atoms with Gasteiger partial charge in [-0.1, -0.05) is 6.92 Å². The lowest BCUT2D eigenvalue weighted by molar-refractivity contribution is -0.122. The Bertz CT molecular complexity index is 231. The molecule has 0 aromatic carbocycles. The highest BCUT2D eigenvalue weighted by atomic mass is 16.1. The molecule has 0 aromatic rings. The van der Waals surface area contributed by atoms with E-state index < -0.39 is 0 Å². The van der Waals surface area contributed by atoms with E-state index in [1.165, 1.54) is 6.42 Å². The van der Waals surface area contributed by atoms with Gasteiger partial charge in [0.2, 0.25) is 0 Å². The summed E-state index contributed by atoms with van der Waals surface area (Å²) < 4.78 is 0. The molecule has 0 bridgehead atoms. The van der Waals surface area contributed by atoms with Gasteiger partial charge in [-0.2, -0.15) is 0 Å². The zero-order valence-corrected chi connectivity index (χ0v) is 8.60. The Morgan fingerprint density at radius 1 is 1.46 bits per heavy atom. The van der Waals surface area contributed by atoms with E-state index in [2.05, 4.69) is 18.8 Å². The molecule has 72 valence electrons. The van der Waals surface area contributed by atoms with E-state index in [0.717, 1.165) is 25.2 Å². The minimum atomic E-state index is 0.355. The molecule has 1 nitrogen and oxygen atoms in total. The first-order chi connectivity index (χ1) is 6.24. The maximum atomic E-state index is 11.6. The van der Waals surface area contributed by atoms with Crippen molar-refractivity contribution in [3.63, 3.8) is 0 Å². The summed E-state index contributed by atoms with van der Waals surface area (Å²) in [6.07, 6.45) is 4.87. The minimum absolute atomic E-state index is 0.355. The van der Waals surface area contributed by atoms with Gasteiger partial charge in [0.25, 0.3) is 0 Å². The predicted octanol–water partition coefficient (Wildman–Crippen LogP) is 2.80. The van der Waals surface area contributed by atoms with Crippen molar-refractivity contribution in [1.82, 2.24) is 0 Å². The molecule has 0 heterocycles. The lowest BCUT2D eigenvalue weighted by Gasteiger charge is -2.05. The van der Waals surface area contributed by atoms with Crippen LogP contribution in [-0.4, -0.2) is 5.78 Å². The van der Waals surface area contributed by atoms with Crippen molar-refractivity contribution in [2.75, 3.05) is 0 Å². The van der Waals surface area contributed by atoms with Crippen molar-refractivity contribution < 1.29 is 4.79 Å². The van der Waals surface area contributed by atoms with E-state index >= 15 is 0 Å². The molecule has 1 fully saturated rings. The molecule has 1 saturated carbocycles. The van der Waals surface area contributed by atoms with E-state index in [0.29, 0.717) is 18.1 Å². The number of carbonyl (C=O) groups is 1. The van der Waals surface area contributed by atoms with Gasteiger partial charge in [0.05, 0.1) is 0 Å². The Morgan fingerprint density at radius 3 is 2.77 bits per heavy atom. The first-order valence-electron chi connectivity index (χ1n) is 5.16. The lowest BCUT2D eigenvalue weighted by atomic mass is 9.98. The summed E-state index contributed by atoms with van der Waals surface area (Å²) >= 11 is 0. The largest absolute Gasteiger partial charge is 0.299 e. The second-order valence-electron chi connectivity index (χ2n) is 4.01. The molecule has 0 saturated heterocycles. The SMILES string of the molecule is CC#CCCC(=O)C1CCC(C)C1. The molecule has 0 N–H and O–H groups in total. The first kappa shape index (κ1) is 10.3. The first-order valence-corrected chi connectivity index (χ1v) is 5.16. The average molecular weight is 178 g/mol. The Hall–Kier alpha value is -0.770. The Labute approximate surface area is 80.9 Å². The maximum Gasteiger partial charge on any atom is 0.136 e. The van der Waals surface area contributed by atoms with Crippen molar-refractivity contribution in [1.29, 1.82) is 0 Å². The molecule has 0 amide bonds. The minimum Gasteiger partial charge on any atom is -0.299 e. The fourth-order valence-corrected chi connectivity index (χ4v) is 2.01. The summed E-state index contributed by atoms with van der Waals surface area (Å²) in [5.74, 6) is 7.31. The van der Waals surface area contributed by atoms with Crippen LogP contribution in [0.2, 0.25) is 0 Å². The van der Waals surface area contributed by atoms with Crippen molar-refractivity contribution in [3.05, 3.63) is 0 Å². The standard InChI is InChI=1S/C12H18O/c1-3-4-5-6-12(13)11-8-7-10(2)9-11/h10-11H,5-9H2,1-2H3. The number of hydrogen-bond acceptors (Lipinski definition) is 1. The molecule has 0 aromatic heterocycles. The Morgan fingerprint density at radius 2 is 2.23 bits per heavy atom. The van der Waals surface area contributed by atoms with E-state index in [1.807, 2.05) is 6.92 Å². The van der Waals surface area contributed by atoms with Gasteiger partial charge < -0.3 is 0 Å². The van der Waals surface area contributed by atoms with Gasteiger partial charge in [-0.05, 0) is 32.1 Å². The second-order valence-corrected chi connectivity index (χ2v) is 4.01. The molecule has 0 spiro atoms. The molecular formula is C12H18O. The maximum absolute atomic E-state index is 11.6. The van der Waals surface area contributed by atoms with Gasteiger partial charge in [0.15, 0.2) is 0 Å². The van der Waals surface area contributed by atoms with Crippen LogP contribution < -0.4 is 0 Å². The predicted molar refractivity (Wildman–Crippen MR) is 54.2 cm³/mol. The van der Waals surface area contributed by atoms with E-state index in [1.54, 1.807) is 0 Å². The number of rotatable bonds is 3. The monoisotopic (exact) mass is 178 g/mol. The summed E-state index contributed by atoms with van der Waals surface area (Å²) in [5, 5.41) is 0.